The fraction of sp³-hybridized carbons (Fsp3) is 0.385. The first-order valence-corrected chi connectivity index (χ1v) is 12.1. The number of hydrogen-bond acceptors (Lipinski definition) is 6. The standard InChI is InChI=1S/C26H28N6O2/c1-34-20-12-11-18-15-21(26(33)27-22(18)16-20)24(31-14-13-17-7-5-6-10-23(17)31)25-28-29-30-32(25)19-8-3-2-4-9-19/h5-7,10-12,15-16,19,24H,2-4,8-9,13-14H2,1H3,(H,27,33). The molecule has 8 nitrogen and oxygen atoms in total. The minimum absolute atomic E-state index is 0.131. The maximum absolute atomic E-state index is 13.5. The van der Waals surface area contributed by atoms with Crippen LogP contribution in [0, 0.1) is 0 Å². The summed E-state index contributed by atoms with van der Waals surface area (Å²) in [6, 6.07) is 16.0. The van der Waals surface area contributed by atoms with Gasteiger partial charge in [0.25, 0.3) is 5.56 Å². The van der Waals surface area contributed by atoms with Crippen molar-refractivity contribution in [2.24, 2.45) is 0 Å². The highest BCUT2D eigenvalue weighted by Crippen LogP contribution is 2.39. The van der Waals surface area contributed by atoms with E-state index in [0.29, 0.717) is 11.3 Å². The Kier molecular flexibility index (Phi) is 5.28. The number of anilines is 1. The molecule has 2 aromatic carbocycles. The first-order chi connectivity index (χ1) is 16.7. The summed E-state index contributed by atoms with van der Waals surface area (Å²) in [7, 11) is 1.62. The lowest BCUT2D eigenvalue weighted by molar-refractivity contribution is 0.313. The summed E-state index contributed by atoms with van der Waals surface area (Å²) in [5.41, 5.74) is 3.70. The molecule has 1 fully saturated rings. The zero-order chi connectivity index (χ0) is 23.1. The molecule has 2 aromatic heterocycles. The summed E-state index contributed by atoms with van der Waals surface area (Å²) in [5.74, 6) is 1.45. The van der Waals surface area contributed by atoms with Crippen LogP contribution in [0.15, 0.2) is 53.3 Å². The number of para-hydroxylation sites is 1. The van der Waals surface area contributed by atoms with Crippen molar-refractivity contribution >= 4 is 16.6 Å². The van der Waals surface area contributed by atoms with Crippen LogP contribution in [-0.2, 0) is 6.42 Å². The number of ether oxygens (including phenoxy) is 1. The van der Waals surface area contributed by atoms with Crippen LogP contribution in [0.2, 0.25) is 0 Å². The Bertz CT molecular complexity index is 1390. The van der Waals surface area contributed by atoms with E-state index in [1.54, 1.807) is 7.11 Å². The number of H-pyrrole nitrogens is 1. The molecule has 8 heteroatoms. The van der Waals surface area contributed by atoms with E-state index in [-0.39, 0.29) is 17.6 Å². The lowest BCUT2D eigenvalue weighted by Gasteiger charge is -2.31. The Labute approximate surface area is 197 Å². The van der Waals surface area contributed by atoms with Crippen molar-refractivity contribution in [1.29, 1.82) is 0 Å². The van der Waals surface area contributed by atoms with Gasteiger partial charge in [0.15, 0.2) is 5.82 Å². The molecule has 4 aromatic rings. The number of fused-ring (bicyclic) bond motifs is 2. The summed E-state index contributed by atoms with van der Waals surface area (Å²) >= 11 is 0. The van der Waals surface area contributed by atoms with Gasteiger partial charge in [0.2, 0.25) is 0 Å². The topological polar surface area (TPSA) is 88.9 Å². The number of pyridine rings is 1. The summed E-state index contributed by atoms with van der Waals surface area (Å²) in [5, 5.41) is 14.0. The number of methoxy groups -OCH3 is 1. The molecule has 6 rings (SSSR count). The van der Waals surface area contributed by atoms with Crippen LogP contribution in [0.25, 0.3) is 10.9 Å². The Hall–Kier alpha value is -3.68. The van der Waals surface area contributed by atoms with Crippen LogP contribution < -0.4 is 15.2 Å². The lowest BCUT2D eigenvalue weighted by Crippen LogP contribution is -2.35. The minimum Gasteiger partial charge on any atom is -0.497 e. The van der Waals surface area contributed by atoms with Gasteiger partial charge >= 0.3 is 0 Å². The van der Waals surface area contributed by atoms with Crippen LogP contribution >= 0.6 is 0 Å². The molecule has 0 saturated heterocycles. The number of nitrogens with zero attached hydrogens (tertiary/aromatic N) is 5. The molecular weight excluding hydrogens is 428 g/mol. The fourth-order valence-corrected chi connectivity index (χ4v) is 5.57. The lowest BCUT2D eigenvalue weighted by atomic mass is 9.95. The maximum Gasteiger partial charge on any atom is 0.254 e. The Morgan fingerprint density at radius 3 is 2.79 bits per heavy atom. The van der Waals surface area contributed by atoms with Gasteiger partial charge in [-0.25, -0.2) is 4.68 Å². The maximum atomic E-state index is 13.5. The van der Waals surface area contributed by atoms with Crippen molar-refractivity contribution in [3.05, 3.63) is 75.8 Å². The SMILES string of the molecule is COc1ccc2cc(C(c3nnnn3C3CCCCC3)N3CCc4ccccc43)c(=O)[nH]c2c1. The average molecular weight is 457 g/mol. The highest BCUT2D eigenvalue weighted by Gasteiger charge is 2.35. The van der Waals surface area contributed by atoms with Crippen molar-refractivity contribution in [2.75, 3.05) is 18.6 Å². The van der Waals surface area contributed by atoms with Crippen LogP contribution in [-0.4, -0.2) is 38.8 Å². The number of aromatic nitrogens is 5. The molecule has 0 spiro atoms. The third kappa shape index (κ3) is 3.54. The second kappa shape index (κ2) is 8.59. The molecule has 1 atom stereocenters. The summed E-state index contributed by atoms with van der Waals surface area (Å²) < 4.78 is 7.33. The van der Waals surface area contributed by atoms with Crippen molar-refractivity contribution in [2.45, 2.75) is 50.6 Å². The Balaban J connectivity index is 1.53. The first-order valence-electron chi connectivity index (χ1n) is 12.1. The Morgan fingerprint density at radius 1 is 1.09 bits per heavy atom. The third-order valence-corrected chi connectivity index (χ3v) is 7.29. The van der Waals surface area contributed by atoms with Crippen LogP contribution in [0.5, 0.6) is 5.75 Å². The zero-order valence-electron chi connectivity index (χ0n) is 19.3. The third-order valence-electron chi connectivity index (χ3n) is 7.29. The van der Waals surface area contributed by atoms with E-state index in [1.165, 1.54) is 24.8 Å². The minimum atomic E-state index is -0.379. The number of benzene rings is 2. The van der Waals surface area contributed by atoms with Crippen LogP contribution in [0.1, 0.15) is 61.1 Å². The smallest absolute Gasteiger partial charge is 0.254 e. The van der Waals surface area contributed by atoms with E-state index in [1.807, 2.05) is 28.9 Å². The molecule has 2 aliphatic rings. The average Bonchev–Trinajstić information content (AvgIpc) is 3.53. The number of hydrogen-bond donors (Lipinski definition) is 1. The van der Waals surface area contributed by atoms with E-state index >= 15 is 0 Å². The molecule has 0 amide bonds. The summed E-state index contributed by atoms with van der Waals surface area (Å²) in [4.78, 5) is 18.9. The molecule has 1 aliphatic heterocycles. The van der Waals surface area contributed by atoms with Gasteiger partial charge in [-0.3, -0.25) is 4.79 Å². The molecule has 1 aliphatic carbocycles. The molecule has 1 saturated carbocycles. The quantitative estimate of drug-likeness (QED) is 0.485. The predicted molar refractivity (Wildman–Crippen MR) is 130 cm³/mol. The highest BCUT2D eigenvalue weighted by atomic mass is 16.5. The van der Waals surface area contributed by atoms with E-state index in [2.05, 4.69) is 49.7 Å². The number of tetrazole rings is 1. The molecule has 34 heavy (non-hydrogen) atoms. The number of rotatable bonds is 5. The van der Waals surface area contributed by atoms with Gasteiger partial charge in [-0.2, -0.15) is 0 Å². The molecule has 1 unspecified atom stereocenters. The van der Waals surface area contributed by atoms with Gasteiger partial charge < -0.3 is 14.6 Å². The van der Waals surface area contributed by atoms with Crippen molar-refractivity contribution in [3.63, 3.8) is 0 Å². The van der Waals surface area contributed by atoms with E-state index in [9.17, 15) is 4.79 Å². The van der Waals surface area contributed by atoms with Gasteiger partial charge in [0, 0.05) is 23.9 Å². The van der Waals surface area contributed by atoms with Gasteiger partial charge in [0.1, 0.15) is 11.8 Å². The second-order valence-corrected chi connectivity index (χ2v) is 9.26. The number of aromatic amines is 1. The number of nitrogens with one attached hydrogen (secondary N) is 1. The van der Waals surface area contributed by atoms with Crippen LogP contribution in [0.4, 0.5) is 5.69 Å². The summed E-state index contributed by atoms with van der Waals surface area (Å²) in [6.07, 6.45) is 6.68. The zero-order valence-corrected chi connectivity index (χ0v) is 19.3. The van der Waals surface area contributed by atoms with Gasteiger partial charge in [0.05, 0.1) is 18.7 Å². The summed E-state index contributed by atoms with van der Waals surface area (Å²) in [6.45, 7) is 0.807. The first kappa shape index (κ1) is 20.9. The molecule has 1 N–H and O–H groups in total. The molecular formula is C26H28N6O2. The van der Waals surface area contributed by atoms with Gasteiger partial charge in [-0.1, -0.05) is 37.5 Å². The van der Waals surface area contributed by atoms with Crippen molar-refractivity contribution in [3.8, 4) is 5.75 Å². The van der Waals surface area contributed by atoms with E-state index in [4.69, 9.17) is 4.74 Å². The largest absolute Gasteiger partial charge is 0.497 e. The predicted octanol–water partition coefficient (Wildman–Crippen LogP) is 4.18. The van der Waals surface area contributed by atoms with Crippen molar-refractivity contribution in [1.82, 2.24) is 25.2 Å². The monoisotopic (exact) mass is 456 g/mol. The van der Waals surface area contributed by atoms with Gasteiger partial charge in [-0.05, 0) is 64.9 Å². The second-order valence-electron chi connectivity index (χ2n) is 9.26. The fourth-order valence-electron chi connectivity index (χ4n) is 5.57. The van der Waals surface area contributed by atoms with Crippen LogP contribution in [0.3, 0.4) is 0 Å². The molecule has 0 radical (unpaired) electrons. The highest BCUT2D eigenvalue weighted by molar-refractivity contribution is 5.81. The van der Waals surface area contributed by atoms with Crippen molar-refractivity contribution < 1.29 is 4.74 Å². The normalized spacial score (nSPS) is 17.1. The molecule has 0 bridgehead atoms. The van der Waals surface area contributed by atoms with E-state index in [0.717, 1.165) is 48.2 Å². The molecule has 3 heterocycles. The van der Waals surface area contributed by atoms with E-state index < -0.39 is 0 Å². The van der Waals surface area contributed by atoms with Gasteiger partial charge in [-0.15, -0.1) is 5.10 Å². The Morgan fingerprint density at radius 2 is 1.94 bits per heavy atom. The molecule has 174 valence electrons.